The highest BCUT2D eigenvalue weighted by atomic mass is 35.5. The number of carbonyl (C=O) groups excluding carboxylic acids is 1. The number of nitrogens with two attached hydrogens (primary N) is 1. The molecule has 35 heavy (non-hydrogen) atoms. The Morgan fingerprint density at radius 2 is 1.74 bits per heavy atom. The maximum Gasteiger partial charge on any atom is 0.330 e. The minimum Gasteiger partial charge on any atom is -0.379 e. The predicted molar refractivity (Wildman–Crippen MR) is 138 cm³/mol. The monoisotopic (exact) mass is 485 g/mol. The van der Waals surface area contributed by atoms with E-state index in [0.717, 1.165) is 33.4 Å². The Morgan fingerprint density at radius 1 is 1.03 bits per heavy atom. The summed E-state index contributed by atoms with van der Waals surface area (Å²) in [7, 11) is 0. The molecule has 176 valence electrons. The molecule has 0 aliphatic heterocycles. The second-order valence-electron chi connectivity index (χ2n) is 8.23. The zero-order valence-corrected chi connectivity index (χ0v) is 19.5. The van der Waals surface area contributed by atoms with Gasteiger partial charge in [0.2, 0.25) is 5.95 Å². The van der Waals surface area contributed by atoms with Crippen LogP contribution in [0.3, 0.4) is 0 Å². The zero-order chi connectivity index (χ0) is 24.2. The van der Waals surface area contributed by atoms with Gasteiger partial charge in [0.1, 0.15) is 6.33 Å². The van der Waals surface area contributed by atoms with Crippen LogP contribution in [0.5, 0.6) is 0 Å². The SMILES string of the molecule is Nc1nncn1C(=O)N[C@@H](Cc1ccccc1)c1cc2cc(Cl)cc(NCc3ccccc3)c2[nH]1. The lowest BCUT2D eigenvalue weighted by Crippen LogP contribution is -2.34. The highest BCUT2D eigenvalue weighted by Gasteiger charge is 2.21. The van der Waals surface area contributed by atoms with Crippen molar-refractivity contribution in [1.29, 1.82) is 0 Å². The molecule has 0 unspecified atom stereocenters. The predicted octanol–water partition coefficient (Wildman–Crippen LogP) is 5.15. The molecule has 0 aliphatic rings. The lowest BCUT2D eigenvalue weighted by Gasteiger charge is -2.18. The molecule has 0 aliphatic carbocycles. The molecule has 5 rings (SSSR count). The number of carbonyl (C=O) groups is 1. The van der Waals surface area contributed by atoms with Crippen LogP contribution >= 0.6 is 11.6 Å². The summed E-state index contributed by atoms with van der Waals surface area (Å²) in [5, 5.41) is 15.5. The third-order valence-corrected chi connectivity index (χ3v) is 6.01. The zero-order valence-electron chi connectivity index (χ0n) is 18.8. The Hall–Kier alpha value is -4.30. The fourth-order valence-corrected chi connectivity index (χ4v) is 4.28. The number of nitrogen functional groups attached to an aromatic ring is 1. The highest BCUT2D eigenvalue weighted by molar-refractivity contribution is 6.31. The van der Waals surface area contributed by atoms with Gasteiger partial charge in [0.25, 0.3) is 0 Å². The molecular weight excluding hydrogens is 462 g/mol. The van der Waals surface area contributed by atoms with E-state index in [4.69, 9.17) is 17.3 Å². The normalized spacial score (nSPS) is 11.9. The largest absolute Gasteiger partial charge is 0.379 e. The quantitative estimate of drug-likeness (QED) is 0.254. The number of hydrogen-bond donors (Lipinski definition) is 4. The maximum atomic E-state index is 12.9. The van der Waals surface area contributed by atoms with Crippen molar-refractivity contribution in [2.75, 3.05) is 11.1 Å². The fourth-order valence-electron chi connectivity index (χ4n) is 4.06. The molecule has 1 atom stereocenters. The summed E-state index contributed by atoms with van der Waals surface area (Å²) in [4.78, 5) is 16.4. The van der Waals surface area contributed by atoms with E-state index in [1.54, 1.807) is 0 Å². The van der Waals surface area contributed by atoms with Crippen molar-refractivity contribution in [2.45, 2.75) is 19.0 Å². The van der Waals surface area contributed by atoms with Crippen LogP contribution in [0.1, 0.15) is 22.9 Å². The van der Waals surface area contributed by atoms with Crippen molar-refractivity contribution < 1.29 is 4.79 Å². The van der Waals surface area contributed by atoms with Crippen LogP contribution in [-0.2, 0) is 13.0 Å². The van der Waals surface area contributed by atoms with E-state index < -0.39 is 6.03 Å². The van der Waals surface area contributed by atoms with E-state index in [1.165, 1.54) is 10.9 Å². The van der Waals surface area contributed by atoms with Crippen molar-refractivity contribution in [3.63, 3.8) is 0 Å². The van der Waals surface area contributed by atoms with Crippen LogP contribution in [0, 0.1) is 0 Å². The lowest BCUT2D eigenvalue weighted by molar-refractivity contribution is 0.238. The van der Waals surface area contributed by atoms with Gasteiger partial charge in [-0.25, -0.2) is 9.36 Å². The summed E-state index contributed by atoms with van der Waals surface area (Å²) >= 11 is 6.44. The summed E-state index contributed by atoms with van der Waals surface area (Å²) in [5.74, 6) is 0.0248. The number of aromatic nitrogens is 4. The fraction of sp³-hybridized carbons (Fsp3) is 0.115. The van der Waals surface area contributed by atoms with Gasteiger partial charge in [0.05, 0.1) is 17.2 Å². The number of anilines is 2. The van der Waals surface area contributed by atoms with Crippen LogP contribution in [0.4, 0.5) is 16.4 Å². The molecule has 0 bridgehead atoms. The average molecular weight is 486 g/mol. The minimum absolute atomic E-state index is 0.0248. The first-order chi connectivity index (χ1) is 17.1. The van der Waals surface area contributed by atoms with E-state index in [0.29, 0.717) is 18.0 Å². The second kappa shape index (κ2) is 9.90. The van der Waals surface area contributed by atoms with E-state index >= 15 is 0 Å². The number of halogens is 1. The molecule has 8 nitrogen and oxygen atoms in total. The lowest BCUT2D eigenvalue weighted by atomic mass is 10.0. The Labute approximate surface area is 207 Å². The molecule has 3 aromatic carbocycles. The summed E-state index contributed by atoms with van der Waals surface area (Å²) in [6.45, 7) is 0.654. The van der Waals surface area contributed by atoms with E-state index in [2.05, 4.69) is 37.9 Å². The maximum absolute atomic E-state index is 12.9. The van der Waals surface area contributed by atoms with Gasteiger partial charge in [-0.2, -0.15) is 0 Å². The van der Waals surface area contributed by atoms with Gasteiger partial charge in [-0.15, -0.1) is 10.2 Å². The highest BCUT2D eigenvalue weighted by Crippen LogP contribution is 2.31. The number of rotatable bonds is 7. The molecule has 2 aromatic heterocycles. The molecule has 0 spiro atoms. The number of aromatic amines is 1. The third kappa shape index (κ3) is 5.12. The number of H-pyrrole nitrogens is 1. The Bertz CT molecular complexity index is 1450. The average Bonchev–Trinajstić information content (AvgIpc) is 3.49. The number of amides is 1. The first-order valence-electron chi connectivity index (χ1n) is 11.2. The summed E-state index contributed by atoms with van der Waals surface area (Å²) in [5.41, 5.74) is 10.7. The third-order valence-electron chi connectivity index (χ3n) is 5.79. The topological polar surface area (TPSA) is 114 Å². The first-order valence-corrected chi connectivity index (χ1v) is 11.5. The molecule has 9 heteroatoms. The van der Waals surface area contributed by atoms with Gasteiger partial charge in [-0.3, -0.25) is 0 Å². The molecule has 1 amide bonds. The van der Waals surface area contributed by atoms with Crippen molar-refractivity contribution in [1.82, 2.24) is 25.1 Å². The van der Waals surface area contributed by atoms with E-state index in [1.807, 2.05) is 66.7 Å². The van der Waals surface area contributed by atoms with Gasteiger partial charge in [0.15, 0.2) is 0 Å². The Morgan fingerprint density at radius 3 is 2.43 bits per heavy atom. The van der Waals surface area contributed by atoms with Crippen LogP contribution < -0.4 is 16.4 Å². The Balaban J connectivity index is 1.48. The van der Waals surface area contributed by atoms with Crippen LogP contribution in [-0.4, -0.2) is 25.8 Å². The Kier molecular flexibility index (Phi) is 6.36. The molecule has 5 N–H and O–H groups in total. The number of hydrogen-bond acceptors (Lipinski definition) is 5. The van der Waals surface area contributed by atoms with Gasteiger partial charge in [-0.05, 0) is 35.7 Å². The number of fused-ring (bicyclic) bond motifs is 1. The van der Waals surface area contributed by atoms with Crippen molar-refractivity contribution >= 4 is 40.2 Å². The molecule has 0 fully saturated rings. The molecule has 2 heterocycles. The van der Waals surface area contributed by atoms with E-state index in [9.17, 15) is 4.79 Å². The first kappa shape index (κ1) is 22.5. The minimum atomic E-state index is -0.410. The van der Waals surface area contributed by atoms with Crippen molar-refractivity contribution in [2.24, 2.45) is 0 Å². The van der Waals surface area contributed by atoms with Gasteiger partial charge in [-0.1, -0.05) is 72.3 Å². The van der Waals surface area contributed by atoms with Crippen LogP contribution in [0.25, 0.3) is 10.9 Å². The van der Waals surface area contributed by atoms with Gasteiger partial charge < -0.3 is 21.4 Å². The molecular formula is C26H24ClN7O. The van der Waals surface area contributed by atoms with Gasteiger partial charge in [0, 0.05) is 22.6 Å². The molecule has 5 aromatic rings. The standard InChI is InChI=1S/C26H24ClN7O/c27-20-12-19-13-22(31-24(19)23(14-20)29-15-18-9-5-2-6-10-18)21(11-17-7-3-1-4-8-17)32-26(35)34-16-30-33-25(34)28/h1-10,12-14,16,21,29,31H,11,15H2,(H2,28,33)(H,32,35)/t21-/m0/s1. The summed E-state index contributed by atoms with van der Waals surface area (Å²) < 4.78 is 1.18. The second-order valence-corrected chi connectivity index (χ2v) is 8.67. The number of nitrogens with one attached hydrogen (secondary N) is 3. The smallest absolute Gasteiger partial charge is 0.330 e. The van der Waals surface area contributed by atoms with Crippen molar-refractivity contribution in [3.05, 3.63) is 107 Å². The van der Waals surface area contributed by atoms with Gasteiger partial charge >= 0.3 is 6.03 Å². The van der Waals surface area contributed by atoms with Crippen LogP contribution in [0.2, 0.25) is 5.02 Å². The molecule has 0 radical (unpaired) electrons. The van der Waals surface area contributed by atoms with Crippen molar-refractivity contribution in [3.8, 4) is 0 Å². The molecule has 0 saturated carbocycles. The number of benzene rings is 3. The summed E-state index contributed by atoms with van der Waals surface area (Å²) in [6, 6.07) is 25.2. The van der Waals surface area contributed by atoms with Crippen LogP contribution in [0.15, 0.2) is 85.2 Å². The van der Waals surface area contributed by atoms with E-state index in [-0.39, 0.29) is 12.0 Å². The number of nitrogens with zero attached hydrogens (tertiary/aromatic N) is 3. The molecule has 0 saturated heterocycles. The summed E-state index contributed by atoms with van der Waals surface area (Å²) in [6.07, 6.45) is 1.86.